The van der Waals surface area contributed by atoms with E-state index in [4.69, 9.17) is 0 Å². The lowest BCUT2D eigenvalue weighted by Gasteiger charge is -2.10. The topological polar surface area (TPSA) is 71.0 Å². The molecule has 1 heterocycles. The van der Waals surface area contributed by atoms with Crippen LogP contribution in [0.5, 0.6) is 11.5 Å². The zero-order valence-electron chi connectivity index (χ0n) is 11.5. The molecule has 0 bridgehead atoms. The molecule has 1 aliphatic rings. The third kappa shape index (κ3) is 3.15. The number of ether oxygens (including phenoxy) is 1. The second kappa shape index (κ2) is 5.51. The van der Waals surface area contributed by atoms with Crippen LogP contribution in [-0.2, 0) is 0 Å². The van der Waals surface area contributed by atoms with Gasteiger partial charge in [0, 0.05) is 11.5 Å². The van der Waals surface area contributed by atoms with Crippen LogP contribution in [0.15, 0.2) is 18.2 Å². The first-order valence-corrected chi connectivity index (χ1v) is 6.94. The lowest BCUT2D eigenvalue weighted by molar-refractivity contribution is -0.275. The van der Waals surface area contributed by atoms with Gasteiger partial charge in [0.2, 0.25) is 0 Å². The molecular weight excluding hydrogens is 299 g/mol. The fourth-order valence-electron chi connectivity index (χ4n) is 2.64. The molecule has 118 valence electrons. The minimum Gasteiger partial charge on any atom is -0.504 e. The van der Waals surface area contributed by atoms with Crippen LogP contribution in [0.3, 0.4) is 0 Å². The lowest BCUT2D eigenvalue weighted by Crippen LogP contribution is -2.17. The predicted octanol–water partition coefficient (Wildman–Crippen LogP) is 3.73. The largest absolute Gasteiger partial charge is 0.573 e. The Bertz CT molecular complexity index is 664. The molecule has 22 heavy (non-hydrogen) atoms. The molecule has 1 fully saturated rings. The van der Waals surface area contributed by atoms with E-state index in [0.29, 0.717) is 11.5 Å². The summed E-state index contributed by atoms with van der Waals surface area (Å²) in [5, 5.41) is 16.3. The van der Waals surface area contributed by atoms with Crippen LogP contribution in [0, 0.1) is 0 Å². The standard InChI is InChI=1S/C14H14F3N3O2/c15-14(16,17)22-11-7-9(5-6-10(11)21)13-18-12(19-20-13)8-3-1-2-4-8/h5-8,21H,1-4H2,(H,18,19,20). The van der Waals surface area contributed by atoms with Crippen molar-refractivity contribution in [3.05, 3.63) is 24.0 Å². The van der Waals surface area contributed by atoms with Gasteiger partial charge in [0.25, 0.3) is 0 Å². The molecule has 0 unspecified atom stereocenters. The molecular formula is C14H14F3N3O2. The highest BCUT2D eigenvalue weighted by molar-refractivity contribution is 5.60. The molecule has 0 spiro atoms. The van der Waals surface area contributed by atoms with E-state index in [1.54, 1.807) is 0 Å². The molecule has 3 rings (SSSR count). The average Bonchev–Trinajstić information content (AvgIpc) is 3.08. The Morgan fingerprint density at radius 1 is 1.23 bits per heavy atom. The fourth-order valence-corrected chi connectivity index (χ4v) is 2.64. The van der Waals surface area contributed by atoms with Gasteiger partial charge < -0.3 is 9.84 Å². The lowest BCUT2D eigenvalue weighted by atomic mass is 10.1. The summed E-state index contributed by atoms with van der Waals surface area (Å²) in [4.78, 5) is 4.34. The van der Waals surface area contributed by atoms with Gasteiger partial charge in [-0.05, 0) is 31.0 Å². The number of aromatic nitrogens is 3. The Labute approximate surface area is 124 Å². The van der Waals surface area contributed by atoms with Crippen molar-refractivity contribution in [3.63, 3.8) is 0 Å². The Balaban J connectivity index is 1.87. The minimum absolute atomic E-state index is 0.286. The summed E-state index contributed by atoms with van der Waals surface area (Å²) in [6.07, 6.45) is -0.517. The molecule has 0 saturated heterocycles. The highest BCUT2D eigenvalue weighted by atomic mass is 19.4. The number of halogens is 3. The van der Waals surface area contributed by atoms with Gasteiger partial charge in [0.05, 0.1) is 0 Å². The summed E-state index contributed by atoms with van der Waals surface area (Å²) in [5.74, 6) is 0.0990. The van der Waals surface area contributed by atoms with E-state index in [1.165, 1.54) is 6.07 Å². The number of rotatable bonds is 3. The van der Waals surface area contributed by atoms with E-state index >= 15 is 0 Å². The second-order valence-corrected chi connectivity index (χ2v) is 5.26. The zero-order valence-corrected chi connectivity index (χ0v) is 11.5. The summed E-state index contributed by atoms with van der Waals surface area (Å²) in [7, 11) is 0. The minimum atomic E-state index is -4.87. The first-order valence-electron chi connectivity index (χ1n) is 6.94. The monoisotopic (exact) mass is 313 g/mol. The van der Waals surface area contributed by atoms with Crippen molar-refractivity contribution >= 4 is 0 Å². The molecule has 0 atom stereocenters. The number of aromatic amines is 1. The second-order valence-electron chi connectivity index (χ2n) is 5.26. The first kappa shape index (κ1) is 14.7. The summed E-state index contributed by atoms with van der Waals surface area (Å²) in [6, 6.07) is 3.65. The van der Waals surface area contributed by atoms with Crippen LogP contribution in [0.25, 0.3) is 11.4 Å². The van der Waals surface area contributed by atoms with Crippen molar-refractivity contribution in [2.45, 2.75) is 38.0 Å². The fraction of sp³-hybridized carbons (Fsp3) is 0.429. The number of H-pyrrole nitrogens is 1. The molecule has 5 nitrogen and oxygen atoms in total. The van der Waals surface area contributed by atoms with E-state index < -0.39 is 17.9 Å². The van der Waals surface area contributed by atoms with Gasteiger partial charge in [0.15, 0.2) is 17.3 Å². The molecule has 1 aromatic carbocycles. The van der Waals surface area contributed by atoms with Crippen molar-refractivity contribution in [2.24, 2.45) is 0 Å². The highest BCUT2D eigenvalue weighted by Gasteiger charge is 2.32. The van der Waals surface area contributed by atoms with Crippen molar-refractivity contribution in [1.29, 1.82) is 0 Å². The molecule has 2 N–H and O–H groups in total. The van der Waals surface area contributed by atoms with E-state index in [0.717, 1.165) is 43.6 Å². The van der Waals surface area contributed by atoms with Gasteiger partial charge in [-0.1, -0.05) is 12.8 Å². The predicted molar refractivity (Wildman–Crippen MR) is 71.4 cm³/mol. The Hall–Kier alpha value is -2.25. The number of benzene rings is 1. The summed E-state index contributed by atoms with van der Waals surface area (Å²) >= 11 is 0. The Morgan fingerprint density at radius 2 is 1.95 bits per heavy atom. The molecule has 8 heteroatoms. The zero-order chi connectivity index (χ0) is 15.7. The molecule has 0 radical (unpaired) electrons. The maximum atomic E-state index is 12.3. The quantitative estimate of drug-likeness (QED) is 0.905. The van der Waals surface area contributed by atoms with Crippen molar-refractivity contribution in [1.82, 2.24) is 15.2 Å². The SMILES string of the molecule is Oc1ccc(-c2n[nH]c(C3CCCC3)n2)cc1OC(F)(F)F. The maximum Gasteiger partial charge on any atom is 0.573 e. The maximum absolute atomic E-state index is 12.3. The number of alkyl halides is 3. The van der Waals surface area contributed by atoms with Crippen LogP contribution >= 0.6 is 0 Å². The van der Waals surface area contributed by atoms with Crippen LogP contribution in [-0.4, -0.2) is 26.7 Å². The van der Waals surface area contributed by atoms with Crippen LogP contribution in [0.1, 0.15) is 37.4 Å². The smallest absolute Gasteiger partial charge is 0.504 e. The number of nitrogens with one attached hydrogen (secondary N) is 1. The van der Waals surface area contributed by atoms with Gasteiger partial charge in [-0.3, -0.25) is 5.10 Å². The molecule has 0 amide bonds. The first-order chi connectivity index (χ1) is 10.4. The summed E-state index contributed by atoms with van der Waals surface area (Å²) in [5.41, 5.74) is 0.345. The average molecular weight is 313 g/mol. The number of aromatic hydroxyl groups is 1. The van der Waals surface area contributed by atoms with Crippen LogP contribution in [0.2, 0.25) is 0 Å². The van der Waals surface area contributed by atoms with Gasteiger partial charge >= 0.3 is 6.36 Å². The number of hydrogen-bond acceptors (Lipinski definition) is 4. The van der Waals surface area contributed by atoms with Gasteiger partial charge in [-0.15, -0.1) is 13.2 Å². The number of phenols is 1. The van der Waals surface area contributed by atoms with E-state index in [-0.39, 0.29) is 5.82 Å². The van der Waals surface area contributed by atoms with Crippen LogP contribution in [0.4, 0.5) is 13.2 Å². The molecule has 2 aromatic rings. The molecule has 1 aromatic heterocycles. The third-order valence-electron chi connectivity index (χ3n) is 3.69. The van der Waals surface area contributed by atoms with E-state index in [1.807, 2.05) is 0 Å². The van der Waals surface area contributed by atoms with E-state index in [2.05, 4.69) is 19.9 Å². The van der Waals surface area contributed by atoms with Crippen LogP contribution < -0.4 is 4.74 Å². The van der Waals surface area contributed by atoms with Gasteiger partial charge in [-0.2, -0.15) is 5.10 Å². The van der Waals surface area contributed by atoms with E-state index in [9.17, 15) is 18.3 Å². The number of phenolic OH excluding ortho intramolecular Hbond substituents is 1. The van der Waals surface area contributed by atoms with Crippen molar-refractivity contribution in [3.8, 4) is 22.9 Å². The summed E-state index contributed by atoms with van der Waals surface area (Å²) < 4.78 is 40.7. The van der Waals surface area contributed by atoms with Gasteiger partial charge in [-0.25, -0.2) is 4.98 Å². The Kier molecular flexibility index (Phi) is 3.67. The molecule has 0 aliphatic heterocycles. The number of hydrogen-bond donors (Lipinski definition) is 2. The molecule has 1 saturated carbocycles. The third-order valence-corrected chi connectivity index (χ3v) is 3.69. The van der Waals surface area contributed by atoms with Crippen molar-refractivity contribution < 1.29 is 23.0 Å². The normalized spacial score (nSPS) is 16.1. The highest BCUT2D eigenvalue weighted by Crippen LogP contribution is 2.36. The molecule has 1 aliphatic carbocycles. The number of nitrogens with zero attached hydrogens (tertiary/aromatic N) is 2. The van der Waals surface area contributed by atoms with Gasteiger partial charge in [0.1, 0.15) is 5.82 Å². The Morgan fingerprint density at radius 3 is 2.64 bits per heavy atom. The summed E-state index contributed by atoms with van der Waals surface area (Å²) in [6.45, 7) is 0. The van der Waals surface area contributed by atoms with Crippen molar-refractivity contribution in [2.75, 3.05) is 0 Å².